The lowest BCUT2D eigenvalue weighted by atomic mass is 10.2. The molecule has 0 bridgehead atoms. The molecule has 0 unspecified atom stereocenters. The summed E-state index contributed by atoms with van der Waals surface area (Å²) in [4.78, 5) is 1.60. The summed E-state index contributed by atoms with van der Waals surface area (Å²) in [6, 6.07) is 7.61. The molecule has 3 rings (SSSR count). The Morgan fingerprint density at radius 2 is 1.66 bits per heavy atom. The van der Waals surface area contributed by atoms with Crippen molar-refractivity contribution >= 4 is 21.4 Å². The highest BCUT2D eigenvalue weighted by Crippen LogP contribution is 2.35. The number of hydrogen-bond donors (Lipinski definition) is 1. The van der Waals surface area contributed by atoms with Gasteiger partial charge in [0.2, 0.25) is 0 Å². The third-order valence-electron chi connectivity index (χ3n) is 5.01. The van der Waals surface area contributed by atoms with Gasteiger partial charge in [-0.3, -0.25) is 4.31 Å². The number of anilines is 2. The molecular weight excluding hydrogens is 454 g/mol. The number of halogens is 4. The second kappa shape index (κ2) is 9.82. The van der Waals surface area contributed by atoms with Crippen LogP contribution >= 0.6 is 0 Å². The molecule has 1 heterocycles. The van der Waals surface area contributed by atoms with E-state index in [2.05, 4.69) is 14.8 Å². The third-order valence-corrected chi connectivity index (χ3v) is 6.77. The van der Waals surface area contributed by atoms with E-state index in [0.29, 0.717) is 31.7 Å². The highest BCUT2D eigenvalue weighted by Gasteiger charge is 2.27. The van der Waals surface area contributed by atoms with E-state index in [1.807, 2.05) is 0 Å². The number of aryl methyl sites for hydroxylation is 1. The third kappa shape index (κ3) is 5.36. The van der Waals surface area contributed by atoms with Crippen molar-refractivity contribution in [2.45, 2.75) is 25.0 Å². The molecule has 2 aromatic rings. The fourth-order valence-electron chi connectivity index (χ4n) is 3.40. The van der Waals surface area contributed by atoms with E-state index in [0.717, 1.165) is 4.31 Å². The Labute approximate surface area is 183 Å². The van der Waals surface area contributed by atoms with E-state index in [4.69, 9.17) is 0 Å². The number of benzene rings is 2. The van der Waals surface area contributed by atoms with Crippen molar-refractivity contribution in [1.29, 1.82) is 0 Å². The topological polar surface area (TPSA) is 71.1 Å². The van der Waals surface area contributed by atoms with Crippen LogP contribution < -0.4 is 24.0 Å². The lowest BCUT2D eigenvalue weighted by Gasteiger charge is -2.31. The van der Waals surface area contributed by atoms with Crippen LogP contribution in [0.15, 0.2) is 41.3 Å². The maximum Gasteiger partial charge on any atom is 0.387 e. The van der Waals surface area contributed by atoms with Gasteiger partial charge in [0.05, 0.1) is 16.3 Å². The molecule has 1 N–H and O–H groups in total. The maximum absolute atomic E-state index is 13.3. The van der Waals surface area contributed by atoms with Gasteiger partial charge >= 0.3 is 13.2 Å². The molecule has 176 valence electrons. The van der Waals surface area contributed by atoms with Crippen molar-refractivity contribution in [2.75, 3.05) is 42.4 Å². The van der Waals surface area contributed by atoms with Crippen LogP contribution in [0.4, 0.5) is 28.9 Å². The second-order valence-electron chi connectivity index (χ2n) is 7.04. The minimum absolute atomic E-state index is 0.132. The van der Waals surface area contributed by atoms with E-state index in [-0.39, 0.29) is 27.8 Å². The summed E-state index contributed by atoms with van der Waals surface area (Å²) in [6.45, 7) is -2.35. The number of nitrogens with zero attached hydrogens (tertiary/aromatic N) is 2. The van der Waals surface area contributed by atoms with E-state index in [1.165, 1.54) is 43.4 Å². The summed E-state index contributed by atoms with van der Waals surface area (Å²) < 4.78 is 87.4. The first-order valence-electron chi connectivity index (χ1n) is 9.68. The van der Waals surface area contributed by atoms with Gasteiger partial charge in [-0.05, 0) is 36.8 Å². The zero-order valence-corrected chi connectivity index (χ0v) is 18.2. The van der Waals surface area contributed by atoms with Crippen molar-refractivity contribution in [2.24, 2.45) is 0 Å². The first kappa shape index (κ1) is 23.9. The largest absolute Gasteiger partial charge is 0.435 e. The maximum atomic E-state index is 13.3. The summed E-state index contributed by atoms with van der Waals surface area (Å²) >= 11 is 0. The molecule has 1 aliphatic heterocycles. The zero-order valence-electron chi connectivity index (χ0n) is 17.4. The van der Waals surface area contributed by atoms with Crippen LogP contribution in [0, 0.1) is 6.92 Å². The predicted molar refractivity (Wildman–Crippen MR) is 112 cm³/mol. The Kier molecular flexibility index (Phi) is 7.34. The van der Waals surface area contributed by atoms with Gasteiger partial charge in [-0.1, -0.05) is 6.07 Å². The van der Waals surface area contributed by atoms with Crippen LogP contribution in [0.3, 0.4) is 0 Å². The van der Waals surface area contributed by atoms with E-state index >= 15 is 0 Å². The number of sulfonamides is 1. The molecule has 7 nitrogen and oxygen atoms in total. The van der Waals surface area contributed by atoms with Gasteiger partial charge in [0.25, 0.3) is 10.0 Å². The number of ether oxygens (including phenoxy) is 2. The van der Waals surface area contributed by atoms with Gasteiger partial charge in [-0.2, -0.15) is 17.6 Å². The van der Waals surface area contributed by atoms with Crippen molar-refractivity contribution in [3.05, 3.63) is 42.0 Å². The molecule has 1 saturated heterocycles. The number of rotatable bonds is 8. The first-order valence-corrected chi connectivity index (χ1v) is 11.1. The monoisotopic (exact) mass is 477 g/mol. The van der Waals surface area contributed by atoms with E-state index in [1.54, 1.807) is 11.8 Å². The molecule has 0 saturated carbocycles. The molecule has 1 fully saturated rings. The summed E-state index contributed by atoms with van der Waals surface area (Å²) in [7, 11) is -2.89. The van der Waals surface area contributed by atoms with Gasteiger partial charge in [-0.25, -0.2) is 8.42 Å². The molecule has 0 radical (unpaired) electrons. The summed E-state index contributed by atoms with van der Waals surface area (Å²) in [5, 5.41) is 3.13. The Bertz CT molecular complexity index is 1050. The van der Waals surface area contributed by atoms with Gasteiger partial charge in [0, 0.05) is 39.3 Å². The normalized spacial score (nSPS) is 14.7. The minimum Gasteiger partial charge on any atom is -0.435 e. The van der Waals surface area contributed by atoms with Crippen LogP contribution in [0.25, 0.3) is 0 Å². The Morgan fingerprint density at radius 1 is 1.00 bits per heavy atom. The van der Waals surface area contributed by atoms with Crippen LogP contribution in [0.5, 0.6) is 11.5 Å². The predicted octanol–water partition coefficient (Wildman–Crippen LogP) is 3.43. The average molecular weight is 477 g/mol. The summed E-state index contributed by atoms with van der Waals surface area (Å²) in [6.07, 6.45) is 0. The van der Waals surface area contributed by atoms with Gasteiger partial charge in [0.15, 0.2) is 0 Å². The SMILES string of the molecule is Cc1ccc(OC(F)F)cc1N(C)S(=O)(=O)c1ccc(OC(F)F)c(N2CCNCC2)c1. The number of nitrogens with one attached hydrogen (secondary N) is 1. The summed E-state index contributed by atoms with van der Waals surface area (Å²) in [5.74, 6) is -0.322. The van der Waals surface area contributed by atoms with E-state index < -0.39 is 23.2 Å². The number of hydrogen-bond acceptors (Lipinski definition) is 6. The fraction of sp³-hybridized carbons (Fsp3) is 0.400. The first-order chi connectivity index (χ1) is 15.1. The molecule has 12 heteroatoms. The highest BCUT2D eigenvalue weighted by atomic mass is 32.2. The van der Waals surface area contributed by atoms with Gasteiger partial charge < -0.3 is 19.7 Å². The quantitative estimate of drug-likeness (QED) is 0.588. The lowest BCUT2D eigenvalue weighted by molar-refractivity contribution is -0.0503. The molecule has 1 aliphatic rings. The molecule has 0 amide bonds. The second-order valence-corrected chi connectivity index (χ2v) is 9.01. The molecule has 0 atom stereocenters. The fourth-order valence-corrected chi connectivity index (χ4v) is 4.67. The van der Waals surface area contributed by atoms with Crippen molar-refractivity contribution < 1.29 is 35.5 Å². The Hall–Kier alpha value is -2.73. The van der Waals surface area contributed by atoms with E-state index in [9.17, 15) is 26.0 Å². The van der Waals surface area contributed by atoms with Crippen LogP contribution in [0.1, 0.15) is 5.56 Å². The van der Waals surface area contributed by atoms with Crippen molar-refractivity contribution in [3.63, 3.8) is 0 Å². The smallest absolute Gasteiger partial charge is 0.387 e. The molecule has 2 aromatic carbocycles. The highest BCUT2D eigenvalue weighted by molar-refractivity contribution is 7.92. The molecule has 0 aromatic heterocycles. The standard InChI is InChI=1S/C20H23F4N3O4S/c1-13-3-4-14(30-19(21)22)11-16(13)26(2)32(28,29)15-5-6-18(31-20(23)24)17(12-15)27-9-7-25-8-10-27/h3-6,11-12,19-20,25H,7-10H2,1-2H3. The number of alkyl halides is 4. The Morgan fingerprint density at radius 3 is 2.28 bits per heavy atom. The Balaban J connectivity index is 2.00. The molecular formula is C20H23F4N3O4S. The molecule has 0 aliphatic carbocycles. The van der Waals surface area contributed by atoms with Crippen LogP contribution in [-0.2, 0) is 10.0 Å². The zero-order chi connectivity index (χ0) is 23.5. The van der Waals surface area contributed by atoms with Crippen molar-refractivity contribution in [1.82, 2.24) is 5.32 Å². The lowest BCUT2D eigenvalue weighted by Crippen LogP contribution is -2.43. The molecule has 0 spiro atoms. The summed E-state index contributed by atoms with van der Waals surface area (Å²) in [5.41, 5.74) is 0.880. The molecule has 32 heavy (non-hydrogen) atoms. The van der Waals surface area contributed by atoms with Crippen molar-refractivity contribution in [3.8, 4) is 11.5 Å². The van der Waals surface area contributed by atoms with Crippen LogP contribution in [0.2, 0.25) is 0 Å². The van der Waals surface area contributed by atoms with Crippen LogP contribution in [-0.4, -0.2) is 54.9 Å². The number of piperazine rings is 1. The minimum atomic E-state index is -4.16. The average Bonchev–Trinajstić information content (AvgIpc) is 2.74. The van der Waals surface area contributed by atoms with Gasteiger partial charge in [-0.15, -0.1) is 0 Å². The van der Waals surface area contributed by atoms with Gasteiger partial charge in [0.1, 0.15) is 11.5 Å².